The molecule has 1 unspecified atom stereocenters. The zero-order valence-electron chi connectivity index (χ0n) is 5.53. The summed E-state index contributed by atoms with van der Waals surface area (Å²) in [6.07, 6.45) is 0. The molecule has 0 rings (SSSR count). The first kappa shape index (κ1) is 8.78. The van der Waals surface area contributed by atoms with Gasteiger partial charge in [-0.3, -0.25) is 0 Å². The van der Waals surface area contributed by atoms with E-state index in [1.165, 1.54) is 6.92 Å². The zero-order chi connectivity index (χ0) is 7.49. The maximum atomic E-state index is 12.2. The number of rotatable bonds is 3. The Morgan fingerprint density at radius 1 is 1.67 bits per heavy atom. The van der Waals surface area contributed by atoms with Crippen molar-refractivity contribution in [3.8, 4) is 0 Å². The number of nitrogens with two attached hydrogens (primary N) is 1. The second kappa shape index (κ2) is 3.08. The Balaban J connectivity index is 3.59. The molecule has 2 nitrogen and oxygen atoms in total. The fourth-order valence-corrected chi connectivity index (χ4v) is 0.291. The van der Waals surface area contributed by atoms with E-state index in [-0.39, 0.29) is 6.61 Å². The van der Waals surface area contributed by atoms with Gasteiger partial charge in [0, 0.05) is 5.92 Å². The Morgan fingerprint density at radius 2 is 2.11 bits per heavy atom. The lowest BCUT2D eigenvalue weighted by molar-refractivity contribution is -0.0656. The number of alkyl halides is 2. The third-order valence-electron chi connectivity index (χ3n) is 1.21. The second-order valence-electron chi connectivity index (χ2n) is 2.19. The maximum Gasteiger partial charge on any atom is 0.250 e. The van der Waals surface area contributed by atoms with Gasteiger partial charge in [-0.25, -0.2) is 14.7 Å². The molecule has 0 aliphatic heterocycles. The lowest BCUT2D eigenvalue weighted by Gasteiger charge is -2.16. The average Bonchev–Trinajstić information content (AvgIpc) is 1.64. The molecule has 2 N–H and O–H groups in total. The highest BCUT2D eigenvalue weighted by Crippen LogP contribution is 2.22. The van der Waals surface area contributed by atoms with Crippen molar-refractivity contribution >= 4 is 0 Å². The first-order valence-electron chi connectivity index (χ1n) is 2.68. The fourth-order valence-electron chi connectivity index (χ4n) is 0.291. The number of hydrogen-bond donors (Lipinski definition) is 1. The fraction of sp³-hybridized carbons (Fsp3) is 1.00. The summed E-state index contributed by atoms with van der Waals surface area (Å²) >= 11 is 0. The van der Waals surface area contributed by atoms with E-state index in [0.29, 0.717) is 0 Å². The molecule has 0 saturated heterocycles. The minimum absolute atomic E-state index is 0.108. The Hall–Kier alpha value is -0.220. The van der Waals surface area contributed by atoms with Crippen LogP contribution in [-0.4, -0.2) is 12.5 Å². The molecule has 56 valence electrons. The second-order valence-corrected chi connectivity index (χ2v) is 2.19. The van der Waals surface area contributed by atoms with Crippen molar-refractivity contribution in [3.63, 3.8) is 0 Å². The first-order valence-corrected chi connectivity index (χ1v) is 2.68. The maximum absolute atomic E-state index is 12.2. The molecule has 0 aromatic carbocycles. The highest BCUT2D eigenvalue weighted by molar-refractivity contribution is 4.66. The number of hydrogen-bond acceptors (Lipinski definition) is 2. The Labute approximate surface area is 52.9 Å². The molecule has 0 amide bonds. The van der Waals surface area contributed by atoms with Gasteiger partial charge in [-0.15, -0.1) is 0 Å². The van der Waals surface area contributed by atoms with E-state index in [9.17, 15) is 8.78 Å². The third kappa shape index (κ3) is 3.37. The molecule has 0 aliphatic carbocycles. The molecule has 0 saturated carbocycles. The molecular weight excluding hydrogens is 128 g/mol. The van der Waals surface area contributed by atoms with Crippen molar-refractivity contribution < 1.29 is 13.6 Å². The van der Waals surface area contributed by atoms with Gasteiger partial charge in [-0.2, -0.15) is 0 Å². The van der Waals surface area contributed by atoms with Gasteiger partial charge in [-0.1, -0.05) is 6.92 Å². The molecule has 0 aliphatic rings. The van der Waals surface area contributed by atoms with Crippen LogP contribution in [-0.2, 0) is 4.84 Å². The van der Waals surface area contributed by atoms with E-state index < -0.39 is 11.8 Å². The summed E-state index contributed by atoms with van der Waals surface area (Å²) < 4.78 is 24.3. The van der Waals surface area contributed by atoms with E-state index in [1.54, 1.807) is 0 Å². The van der Waals surface area contributed by atoms with E-state index in [4.69, 9.17) is 0 Å². The van der Waals surface area contributed by atoms with Crippen LogP contribution in [0.2, 0.25) is 0 Å². The third-order valence-corrected chi connectivity index (χ3v) is 1.21. The topological polar surface area (TPSA) is 35.2 Å². The Morgan fingerprint density at radius 3 is 2.22 bits per heavy atom. The normalized spacial score (nSPS) is 15.7. The van der Waals surface area contributed by atoms with Crippen LogP contribution < -0.4 is 5.90 Å². The predicted molar refractivity (Wildman–Crippen MR) is 29.9 cm³/mol. The first-order chi connectivity index (χ1) is 3.98. The van der Waals surface area contributed by atoms with Gasteiger partial charge in [-0.05, 0) is 6.92 Å². The summed E-state index contributed by atoms with van der Waals surface area (Å²) in [7, 11) is 0. The lowest BCUT2D eigenvalue weighted by Crippen LogP contribution is -2.27. The molecule has 0 aromatic heterocycles. The molecule has 0 radical (unpaired) electrons. The van der Waals surface area contributed by atoms with Crippen LogP contribution in [0.25, 0.3) is 0 Å². The summed E-state index contributed by atoms with van der Waals surface area (Å²) in [5, 5.41) is 0. The summed E-state index contributed by atoms with van der Waals surface area (Å²) in [6.45, 7) is 2.12. The zero-order valence-corrected chi connectivity index (χ0v) is 5.53. The van der Waals surface area contributed by atoms with E-state index in [1.807, 2.05) is 0 Å². The monoisotopic (exact) mass is 139 g/mol. The van der Waals surface area contributed by atoms with Crippen molar-refractivity contribution in [1.29, 1.82) is 0 Å². The van der Waals surface area contributed by atoms with E-state index >= 15 is 0 Å². The predicted octanol–water partition coefficient (Wildman–Crippen LogP) is 1.17. The quantitative estimate of drug-likeness (QED) is 0.595. The van der Waals surface area contributed by atoms with Crippen LogP contribution in [0, 0.1) is 5.92 Å². The van der Waals surface area contributed by atoms with Crippen LogP contribution in [0.3, 0.4) is 0 Å². The van der Waals surface area contributed by atoms with Crippen molar-refractivity contribution in [2.24, 2.45) is 11.8 Å². The molecule has 0 spiro atoms. The van der Waals surface area contributed by atoms with Crippen LogP contribution in [0.4, 0.5) is 8.78 Å². The van der Waals surface area contributed by atoms with Crippen LogP contribution in [0.5, 0.6) is 0 Å². The van der Waals surface area contributed by atoms with Crippen LogP contribution in [0.15, 0.2) is 0 Å². The highest BCUT2D eigenvalue weighted by Gasteiger charge is 2.29. The lowest BCUT2D eigenvalue weighted by atomic mass is 10.1. The summed E-state index contributed by atoms with van der Waals surface area (Å²) in [5.74, 6) is 1.08. The molecule has 0 fully saturated rings. The van der Waals surface area contributed by atoms with E-state index in [2.05, 4.69) is 10.7 Å². The van der Waals surface area contributed by atoms with Crippen molar-refractivity contribution in [1.82, 2.24) is 0 Å². The SMILES string of the molecule is CC(CON)C(C)(F)F. The minimum Gasteiger partial charge on any atom is -0.304 e. The van der Waals surface area contributed by atoms with Crippen molar-refractivity contribution in [2.75, 3.05) is 6.61 Å². The smallest absolute Gasteiger partial charge is 0.250 e. The Bertz CT molecular complexity index is 81.5. The molecule has 1 atom stereocenters. The van der Waals surface area contributed by atoms with Gasteiger partial charge in [0.25, 0.3) is 0 Å². The van der Waals surface area contributed by atoms with Gasteiger partial charge >= 0.3 is 0 Å². The molecule has 9 heavy (non-hydrogen) atoms. The van der Waals surface area contributed by atoms with Gasteiger partial charge < -0.3 is 4.84 Å². The van der Waals surface area contributed by atoms with Crippen molar-refractivity contribution in [3.05, 3.63) is 0 Å². The van der Waals surface area contributed by atoms with Gasteiger partial charge in [0.15, 0.2) is 0 Å². The highest BCUT2D eigenvalue weighted by atomic mass is 19.3. The minimum atomic E-state index is -2.70. The summed E-state index contributed by atoms with van der Waals surface area (Å²) in [6, 6.07) is 0. The molecule has 4 heteroatoms. The van der Waals surface area contributed by atoms with E-state index in [0.717, 1.165) is 6.92 Å². The molecule has 0 heterocycles. The van der Waals surface area contributed by atoms with Crippen LogP contribution in [0.1, 0.15) is 13.8 Å². The molecular formula is C5H11F2NO. The van der Waals surface area contributed by atoms with Crippen LogP contribution >= 0.6 is 0 Å². The number of halogens is 2. The van der Waals surface area contributed by atoms with Gasteiger partial charge in [0.1, 0.15) is 0 Å². The summed E-state index contributed by atoms with van der Waals surface area (Å²) in [5.41, 5.74) is 0. The van der Waals surface area contributed by atoms with Crippen molar-refractivity contribution in [2.45, 2.75) is 19.8 Å². The largest absolute Gasteiger partial charge is 0.304 e. The Kier molecular flexibility index (Phi) is 3.00. The average molecular weight is 139 g/mol. The molecule has 0 bridgehead atoms. The van der Waals surface area contributed by atoms with Gasteiger partial charge in [0.05, 0.1) is 6.61 Å². The molecule has 0 aromatic rings. The van der Waals surface area contributed by atoms with Gasteiger partial charge in [0.2, 0.25) is 5.92 Å². The summed E-state index contributed by atoms with van der Waals surface area (Å²) in [4.78, 5) is 4.05. The standard InChI is InChI=1S/C5H11F2NO/c1-4(3-9-8)5(2,6)7/h4H,3,8H2,1-2H3.